The van der Waals surface area contributed by atoms with Crippen LogP contribution in [-0.4, -0.2) is 33.1 Å². The van der Waals surface area contributed by atoms with E-state index in [1.54, 1.807) is 24.3 Å². The molecule has 0 bridgehead atoms. The molecule has 1 aromatic heterocycles. The molecular formula is C13H13Cl2N5OS. The molecule has 116 valence electrons. The maximum Gasteiger partial charge on any atom is 0.230 e. The summed E-state index contributed by atoms with van der Waals surface area (Å²) in [5.41, 5.74) is 0.576. The molecule has 3 N–H and O–H groups in total. The molecule has 1 aromatic carbocycles. The molecule has 0 atom stereocenters. The number of nitrogens with one attached hydrogen (secondary N) is 1. The first-order chi connectivity index (χ1) is 10.5. The van der Waals surface area contributed by atoms with Crippen molar-refractivity contribution in [3.8, 4) is 11.4 Å². The van der Waals surface area contributed by atoms with Gasteiger partial charge in [-0.1, -0.05) is 41.0 Å². The van der Waals surface area contributed by atoms with Crippen LogP contribution >= 0.6 is 35.0 Å². The topological polar surface area (TPSA) is 85.8 Å². The monoisotopic (exact) mass is 357 g/mol. The summed E-state index contributed by atoms with van der Waals surface area (Å²) in [6, 6.07) is 4.98. The lowest BCUT2D eigenvalue weighted by Crippen LogP contribution is -2.25. The van der Waals surface area contributed by atoms with Crippen LogP contribution in [-0.2, 0) is 4.79 Å². The highest BCUT2D eigenvalue weighted by Crippen LogP contribution is 2.30. The van der Waals surface area contributed by atoms with Gasteiger partial charge >= 0.3 is 0 Å². The number of nitrogens with two attached hydrogens (primary N) is 1. The second-order valence-electron chi connectivity index (χ2n) is 4.18. The second kappa shape index (κ2) is 7.53. The van der Waals surface area contributed by atoms with Crippen LogP contribution in [0.3, 0.4) is 0 Å². The summed E-state index contributed by atoms with van der Waals surface area (Å²) in [5, 5.41) is 12.0. The Kier molecular flexibility index (Phi) is 5.70. The van der Waals surface area contributed by atoms with E-state index in [-0.39, 0.29) is 11.7 Å². The first-order valence-corrected chi connectivity index (χ1v) is 7.93. The van der Waals surface area contributed by atoms with Gasteiger partial charge in [-0.25, -0.2) is 4.68 Å². The molecule has 6 nitrogen and oxygen atoms in total. The SMILES string of the molecule is C=CCNC(=O)CSc1nnc(-c2cc(Cl)ccc2Cl)n1N. The number of hydrogen-bond donors (Lipinski definition) is 2. The molecule has 0 spiro atoms. The largest absolute Gasteiger partial charge is 0.352 e. The van der Waals surface area contributed by atoms with Crippen molar-refractivity contribution in [2.24, 2.45) is 0 Å². The molecule has 2 rings (SSSR count). The maximum atomic E-state index is 11.5. The van der Waals surface area contributed by atoms with Crippen molar-refractivity contribution in [2.75, 3.05) is 18.1 Å². The lowest BCUT2D eigenvalue weighted by Gasteiger charge is -2.06. The van der Waals surface area contributed by atoms with E-state index >= 15 is 0 Å². The zero-order chi connectivity index (χ0) is 16.1. The van der Waals surface area contributed by atoms with Crippen molar-refractivity contribution in [1.29, 1.82) is 0 Å². The number of carbonyl (C=O) groups is 1. The zero-order valence-corrected chi connectivity index (χ0v) is 13.8. The van der Waals surface area contributed by atoms with E-state index in [1.165, 1.54) is 16.4 Å². The van der Waals surface area contributed by atoms with Gasteiger partial charge in [0.25, 0.3) is 0 Å². The minimum absolute atomic E-state index is 0.143. The molecule has 9 heteroatoms. The van der Waals surface area contributed by atoms with E-state index in [1.807, 2.05) is 0 Å². The first kappa shape index (κ1) is 16.7. The van der Waals surface area contributed by atoms with Gasteiger partial charge in [0.2, 0.25) is 11.1 Å². The zero-order valence-electron chi connectivity index (χ0n) is 11.4. The highest BCUT2D eigenvalue weighted by molar-refractivity contribution is 7.99. The normalized spacial score (nSPS) is 10.5. The average molecular weight is 358 g/mol. The standard InChI is InChI=1S/C13H13Cl2N5OS/c1-2-5-17-11(21)7-22-13-19-18-12(20(13)16)9-6-8(14)3-4-10(9)15/h2-4,6H,1,5,7,16H2,(H,17,21). The molecular weight excluding hydrogens is 345 g/mol. The molecule has 22 heavy (non-hydrogen) atoms. The molecule has 0 saturated heterocycles. The number of halogens is 2. The van der Waals surface area contributed by atoms with Gasteiger partial charge in [0.05, 0.1) is 10.8 Å². The smallest absolute Gasteiger partial charge is 0.230 e. The number of amides is 1. The molecule has 0 fully saturated rings. The van der Waals surface area contributed by atoms with E-state index in [2.05, 4.69) is 22.1 Å². The van der Waals surface area contributed by atoms with Crippen molar-refractivity contribution >= 4 is 40.9 Å². The molecule has 1 heterocycles. The summed E-state index contributed by atoms with van der Waals surface area (Å²) < 4.78 is 1.28. The Balaban J connectivity index is 2.14. The van der Waals surface area contributed by atoms with E-state index in [4.69, 9.17) is 29.0 Å². The Morgan fingerprint density at radius 1 is 1.45 bits per heavy atom. The van der Waals surface area contributed by atoms with Gasteiger partial charge in [0.15, 0.2) is 5.82 Å². The van der Waals surface area contributed by atoms with Crippen molar-refractivity contribution in [2.45, 2.75) is 5.16 Å². The van der Waals surface area contributed by atoms with E-state index in [0.717, 1.165) is 0 Å². The lowest BCUT2D eigenvalue weighted by molar-refractivity contribution is -0.118. The summed E-state index contributed by atoms with van der Waals surface area (Å²) in [4.78, 5) is 11.5. The fourth-order valence-corrected chi connectivity index (χ4v) is 2.66. The Bertz CT molecular complexity index is 704. The van der Waals surface area contributed by atoms with E-state index in [9.17, 15) is 4.79 Å². The van der Waals surface area contributed by atoms with Crippen LogP contribution in [0.25, 0.3) is 11.4 Å². The predicted octanol–water partition coefficient (Wildman–Crippen LogP) is 2.36. The Morgan fingerprint density at radius 2 is 2.23 bits per heavy atom. The minimum Gasteiger partial charge on any atom is -0.352 e. The molecule has 1 amide bonds. The highest BCUT2D eigenvalue weighted by Gasteiger charge is 2.16. The molecule has 0 aliphatic carbocycles. The first-order valence-electron chi connectivity index (χ1n) is 6.19. The molecule has 0 aliphatic heterocycles. The number of hydrogen-bond acceptors (Lipinski definition) is 5. The second-order valence-corrected chi connectivity index (χ2v) is 5.97. The van der Waals surface area contributed by atoms with Gasteiger partial charge in [-0.15, -0.1) is 16.8 Å². The van der Waals surface area contributed by atoms with Gasteiger partial charge in [-0.2, -0.15) is 0 Å². The van der Waals surface area contributed by atoms with Gasteiger partial charge < -0.3 is 11.2 Å². The summed E-state index contributed by atoms with van der Waals surface area (Å²) >= 11 is 13.2. The average Bonchev–Trinajstić information content (AvgIpc) is 2.86. The van der Waals surface area contributed by atoms with Crippen LogP contribution < -0.4 is 11.2 Å². The summed E-state index contributed by atoms with van der Waals surface area (Å²) in [5.74, 6) is 6.37. The fraction of sp³-hybridized carbons (Fsp3) is 0.154. The highest BCUT2D eigenvalue weighted by atomic mass is 35.5. The van der Waals surface area contributed by atoms with E-state index in [0.29, 0.717) is 33.1 Å². The lowest BCUT2D eigenvalue weighted by atomic mass is 10.2. The van der Waals surface area contributed by atoms with Gasteiger partial charge in [-0.3, -0.25) is 4.79 Å². The van der Waals surface area contributed by atoms with Crippen molar-refractivity contribution in [3.05, 3.63) is 40.9 Å². The van der Waals surface area contributed by atoms with Crippen LogP contribution in [0.2, 0.25) is 10.0 Å². The van der Waals surface area contributed by atoms with Crippen molar-refractivity contribution in [3.63, 3.8) is 0 Å². The summed E-state index contributed by atoms with van der Waals surface area (Å²) in [7, 11) is 0. The molecule has 0 saturated carbocycles. The summed E-state index contributed by atoms with van der Waals surface area (Å²) in [6.07, 6.45) is 1.60. The summed E-state index contributed by atoms with van der Waals surface area (Å²) in [6.45, 7) is 3.94. The number of thioether (sulfide) groups is 1. The predicted molar refractivity (Wildman–Crippen MR) is 89.6 cm³/mol. The molecule has 0 aliphatic rings. The number of nitrogens with zero attached hydrogens (tertiary/aromatic N) is 3. The van der Waals surface area contributed by atoms with Crippen LogP contribution in [0.5, 0.6) is 0 Å². The van der Waals surface area contributed by atoms with Crippen LogP contribution in [0, 0.1) is 0 Å². The Hall–Kier alpha value is -1.70. The van der Waals surface area contributed by atoms with Crippen molar-refractivity contribution < 1.29 is 4.79 Å². The number of benzene rings is 1. The van der Waals surface area contributed by atoms with Gasteiger partial charge in [0, 0.05) is 17.1 Å². The molecule has 2 aromatic rings. The number of nitrogen functional groups attached to an aromatic ring is 1. The van der Waals surface area contributed by atoms with Gasteiger partial charge in [-0.05, 0) is 18.2 Å². The van der Waals surface area contributed by atoms with Crippen LogP contribution in [0.4, 0.5) is 0 Å². The third-order valence-corrected chi connectivity index (χ3v) is 4.12. The van der Waals surface area contributed by atoms with Crippen LogP contribution in [0.1, 0.15) is 0 Å². The molecule has 0 radical (unpaired) electrons. The number of rotatable bonds is 6. The maximum absolute atomic E-state index is 11.5. The quantitative estimate of drug-likeness (QED) is 0.470. The number of aromatic nitrogens is 3. The van der Waals surface area contributed by atoms with Gasteiger partial charge in [0.1, 0.15) is 0 Å². The number of carbonyl (C=O) groups excluding carboxylic acids is 1. The van der Waals surface area contributed by atoms with Crippen LogP contribution in [0.15, 0.2) is 36.0 Å². The Labute approximate surface area is 141 Å². The molecule has 0 unspecified atom stereocenters. The third-order valence-electron chi connectivity index (χ3n) is 2.61. The Morgan fingerprint density at radius 3 is 2.95 bits per heavy atom. The minimum atomic E-state index is -0.143. The third kappa shape index (κ3) is 3.94. The van der Waals surface area contributed by atoms with Crippen molar-refractivity contribution in [1.82, 2.24) is 20.2 Å². The van der Waals surface area contributed by atoms with E-state index < -0.39 is 0 Å². The fourth-order valence-electron chi connectivity index (χ4n) is 1.60.